The molecule has 0 saturated carbocycles. The predicted molar refractivity (Wildman–Crippen MR) is 60.3 cm³/mol. The Kier molecular flexibility index (Phi) is 3.51. The first-order chi connectivity index (χ1) is 8.24. The standard InChI is InChI=1S/C12H13NO4/c1-16-8-17-10-7-11(14)13(12(10)15)9-5-3-2-4-6-9/h2-6,10H,7-8H2,1H3. The summed E-state index contributed by atoms with van der Waals surface area (Å²) in [6, 6.07) is 8.81. The lowest BCUT2D eigenvalue weighted by Gasteiger charge is -2.14. The predicted octanol–water partition coefficient (Wildman–Crippen LogP) is 0.939. The number of ether oxygens (including phenoxy) is 2. The van der Waals surface area contributed by atoms with Crippen LogP contribution in [0.1, 0.15) is 6.42 Å². The molecule has 5 heteroatoms. The third kappa shape index (κ3) is 2.35. The summed E-state index contributed by atoms with van der Waals surface area (Å²) in [7, 11) is 1.47. The number of imide groups is 1. The molecule has 0 radical (unpaired) electrons. The summed E-state index contributed by atoms with van der Waals surface area (Å²) in [5.74, 6) is -0.583. The number of amides is 2. The molecule has 0 aliphatic carbocycles. The number of anilines is 1. The number of methoxy groups -OCH3 is 1. The molecule has 1 aliphatic rings. The van der Waals surface area contributed by atoms with Crippen LogP contribution >= 0.6 is 0 Å². The van der Waals surface area contributed by atoms with Crippen LogP contribution < -0.4 is 4.90 Å². The van der Waals surface area contributed by atoms with Crippen molar-refractivity contribution in [1.82, 2.24) is 0 Å². The van der Waals surface area contributed by atoms with Gasteiger partial charge in [-0.05, 0) is 12.1 Å². The Labute approximate surface area is 98.9 Å². The molecule has 0 bridgehead atoms. The number of hydrogen-bond donors (Lipinski definition) is 0. The van der Waals surface area contributed by atoms with Crippen molar-refractivity contribution in [3.63, 3.8) is 0 Å². The molecule has 1 fully saturated rings. The van der Waals surface area contributed by atoms with Crippen molar-refractivity contribution < 1.29 is 19.1 Å². The average Bonchev–Trinajstić information content (AvgIpc) is 2.63. The van der Waals surface area contributed by atoms with E-state index in [9.17, 15) is 9.59 Å². The van der Waals surface area contributed by atoms with Crippen molar-refractivity contribution in [2.75, 3.05) is 18.8 Å². The maximum Gasteiger partial charge on any atom is 0.263 e. The first kappa shape index (κ1) is 11.8. The summed E-state index contributed by atoms with van der Waals surface area (Å²) in [5.41, 5.74) is 0.575. The summed E-state index contributed by atoms with van der Waals surface area (Å²) in [4.78, 5) is 24.8. The van der Waals surface area contributed by atoms with Crippen molar-refractivity contribution in [3.05, 3.63) is 30.3 Å². The lowest BCUT2D eigenvalue weighted by Crippen LogP contribution is -2.32. The largest absolute Gasteiger partial charge is 0.359 e. The molecule has 1 aromatic carbocycles. The second-order valence-electron chi connectivity index (χ2n) is 3.67. The highest BCUT2D eigenvalue weighted by atomic mass is 16.7. The highest BCUT2D eigenvalue weighted by Gasteiger charge is 2.40. The normalized spacial score (nSPS) is 20.1. The first-order valence-electron chi connectivity index (χ1n) is 5.26. The van der Waals surface area contributed by atoms with Crippen LogP contribution in [0.25, 0.3) is 0 Å². The zero-order chi connectivity index (χ0) is 12.3. The first-order valence-corrected chi connectivity index (χ1v) is 5.26. The molecule has 0 N–H and O–H groups in total. The molecule has 1 aromatic rings. The van der Waals surface area contributed by atoms with Crippen molar-refractivity contribution in [3.8, 4) is 0 Å². The zero-order valence-electron chi connectivity index (χ0n) is 9.46. The Balaban J connectivity index is 2.15. The SMILES string of the molecule is COCOC1CC(=O)N(c2ccccc2)C1=O. The Bertz CT molecular complexity index is 418. The topological polar surface area (TPSA) is 55.8 Å². The Hall–Kier alpha value is -1.72. The summed E-state index contributed by atoms with van der Waals surface area (Å²) < 4.78 is 9.88. The quantitative estimate of drug-likeness (QED) is 0.575. The number of hydrogen-bond acceptors (Lipinski definition) is 4. The van der Waals surface area contributed by atoms with Crippen molar-refractivity contribution in [2.24, 2.45) is 0 Å². The molecule has 1 heterocycles. The van der Waals surface area contributed by atoms with Gasteiger partial charge >= 0.3 is 0 Å². The van der Waals surface area contributed by atoms with Gasteiger partial charge in [0.2, 0.25) is 5.91 Å². The molecule has 5 nitrogen and oxygen atoms in total. The van der Waals surface area contributed by atoms with Crippen molar-refractivity contribution >= 4 is 17.5 Å². The van der Waals surface area contributed by atoms with Crippen LogP contribution in [0, 0.1) is 0 Å². The molecule has 1 atom stereocenters. The van der Waals surface area contributed by atoms with Gasteiger partial charge in [0.05, 0.1) is 12.1 Å². The van der Waals surface area contributed by atoms with Crippen LogP contribution in [-0.4, -0.2) is 31.8 Å². The van der Waals surface area contributed by atoms with Crippen LogP contribution in [0.4, 0.5) is 5.69 Å². The Morgan fingerprint density at radius 3 is 2.65 bits per heavy atom. The molecule has 0 aromatic heterocycles. The minimum absolute atomic E-state index is 0.00627. The lowest BCUT2D eigenvalue weighted by atomic mass is 10.3. The van der Waals surface area contributed by atoms with E-state index in [-0.39, 0.29) is 25.0 Å². The van der Waals surface area contributed by atoms with Gasteiger partial charge in [-0.15, -0.1) is 0 Å². The molecule has 17 heavy (non-hydrogen) atoms. The van der Waals surface area contributed by atoms with Gasteiger partial charge in [-0.2, -0.15) is 0 Å². The zero-order valence-corrected chi connectivity index (χ0v) is 9.46. The van der Waals surface area contributed by atoms with Gasteiger partial charge in [0.25, 0.3) is 5.91 Å². The van der Waals surface area contributed by atoms with Crippen LogP contribution in [0.2, 0.25) is 0 Å². The molecule has 90 valence electrons. The molecular formula is C12H13NO4. The fraction of sp³-hybridized carbons (Fsp3) is 0.333. The second-order valence-corrected chi connectivity index (χ2v) is 3.67. The monoisotopic (exact) mass is 235 g/mol. The van der Waals surface area contributed by atoms with Crippen LogP contribution in [-0.2, 0) is 19.1 Å². The van der Waals surface area contributed by atoms with Gasteiger partial charge in [0, 0.05) is 7.11 Å². The van der Waals surface area contributed by atoms with E-state index in [1.54, 1.807) is 24.3 Å². The molecule has 2 amide bonds. The van der Waals surface area contributed by atoms with Crippen molar-refractivity contribution in [2.45, 2.75) is 12.5 Å². The second kappa shape index (κ2) is 5.07. The average molecular weight is 235 g/mol. The summed E-state index contributed by atoms with van der Waals surface area (Å²) >= 11 is 0. The highest BCUT2D eigenvalue weighted by Crippen LogP contribution is 2.23. The number of carbonyl (C=O) groups is 2. The number of para-hydroxylation sites is 1. The Morgan fingerprint density at radius 1 is 1.29 bits per heavy atom. The van der Waals surface area contributed by atoms with Crippen LogP contribution in [0.15, 0.2) is 30.3 Å². The van der Waals surface area contributed by atoms with E-state index in [4.69, 9.17) is 9.47 Å². The number of nitrogens with zero attached hydrogens (tertiary/aromatic N) is 1. The summed E-state index contributed by atoms with van der Waals surface area (Å²) in [6.45, 7) is 0.00627. The van der Waals surface area contributed by atoms with E-state index >= 15 is 0 Å². The minimum atomic E-state index is -0.734. The van der Waals surface area contributed by atoms with Crippen LogP contribution in [0.5, 0.6) is 0 Å². The van der Waals surface area contributed by atoms with E-state index in [2.05, 4.69) is 0 Å². The lowest BCUT2D eigenvalue weighted by molar-refractivity contribution is -0.135. The number of benzene rings is 1. The van der Waals surface area contributed by atoms with Gasteiger partial charge in [0.1, 0.15) is 12.9 Å². The van der Waals surface area contributed by atoms with E-state index in [1.807, 2.05) is 6.07 Å². The van der Waals surface area contributed by atoms with E-state index < -0.39 is 6.10 Å². The third-order valence-electron chi connectivity index (χ3n) is 2.51. The van der Waals surface area contributed by atoms with Crippen molar-refractivity contribution in [1.29, 1.82) is 0 Å². The third-order valence-corrected chi connectivity index (χ3v) is 2.51. The maximum absolute atomic E-state index is 11.9. The van der Waals surface area contributed by atoms with Gasteiger partial charge in [-0.1, -0.05) is 18.2 Å². The van der Waals surface area contributed by atoms with Crippen LogP contribution in [0.3, 0.4) is 0 Å². The fourth-order valence-electron chi connectivity index (χ4n) is 1.73. The summed E-state index contributed by atoms with van der Waals surface area (Å²) in [6.07, 6.45) is -0.667. The van der Waals surface area contributed by atoms with E-state index in [1.165, 1.54) is 7.11 Å². The van der Waals surface area contributed by atoms with Gasteiger partial charge in [-0.3, -0.25) is 9.59 Å². The summed E-state index contributed by atoms with van der Waals surface area (Å²) in [5, 5.41) is 0. The molecule has 1 unspecified atom stereocenters. The molecule has 2 rings (SSSR count). The minimum Gasteiger partial charge on any atom is -0.359 e. The fourth-order valence-corrected chi connectivity index (χ4v) is 1.73. The smallest absolute Gasteiger partial charge is 0.263 e. The Morgan fingerprint density at radius 2 is 2.00 bits per heavy atom. The molecule has 1 aliphatic heterocycles. The van der Waals surface area contributed by atoms with E-state index in [0.717, 1.165) is 4.90 Å². The number of carbonyl (C=O) groups excluding carboxylic acids is 2. The molecule has 0 spiro atoms. The van der Waals surface area contributed by atoms with Gasteiger partial charge < -0.3 is 9.47 Å². The van der Waals surface area contributed by atoms with Gasteiger partial charge in [0.15, 0.2) is 0 Å². The van der Waals surface area contributed by atoms with Gasteiger partial charge in [-0.25, -0.2) is 4.90 Å². The van der Waals surface area contributed by atoms with E-state index in [0.29, 0.717) is 5.69 Å². The highest BCUT2D eigenvalue weighted by molar-refractivity contribution is 6.22. The molecular weight excluding hydrogens is 222 g/mol. The molecule has 1 saturated heterocycles. The number of rotatable bonds is 4. The maximum atomic E-state index is 11.9.